The molecule has 0 aliphatic rings. The quantitative estimate of drug-likeness (QED) is 0.0840. The third kappa shape index (κ3) is 20.4. The van der Waals surface area contributed by atoms with E-state index in [4.69, 9.17) is 10.2 Å². The van der Waals surface area contributed by atoms with E-state index in [0.717, 1.165) is 0 Å². The highest BCUT2D eigenvalue weighted by Crippen LogP contribution is 2.23. The van der Waals surface area contributed by atoms with E-state index in [2.05, 4.69) is 55.4 Å². The molecule has 0 saturated heterocycles. The first-order chi connectivity index (χ1) is 26.0. The maximum atomic E-state index is 12.5. The van der Waals surface area contributed by atoms with E-state index < -0.39 is 22.7 Å². The molecule has 8 heteroatoms. The van der Waals surface area contributed by atoms with E-state index in [0.29, 0.717) is 0 Å². The molecule has 2 aromatic carbocycles. The van der Waals surface area contributed by atoms with Crippen LogP contribution in [-0.4, -0.2) is 87.7 Å². The smallest absolute Gasteiger partial charge is 0.336 e. The van der Waals surface area contributed by atoms with Crippen LogP contribution >= 0.6 is 0 Å². The van der Waals surface area contributed by atoms with Crippen LogP contribution in [0.25, 0.3) is 0 Å². The molecule has 0 heterocycles. The van der Waals surface area contributed by atoms with E-state index >= 15 is 0 Å². The lowest BCUT2D eigenvalue weighted by Gasteiger charge is -2.39. The number of unbranched alkanes of at least 4 members (excludes halogenated alkanes) is 8. The van der Waals surface area contributed by atoms with Crippen molar-refractivity contribution in [1.82, 2.24) is 0 Å². The predicted molar refractivity (Wildman–Crippen MR) is 230 cm³/mol. The highest BCUT2D eigenvalue weighted by atomic mass is 32.2. The van der Waals surface area contributed by atoms with Crippen molar-refractivity contribution in [3.8, 4) is 0 Å². The second-order valence-corrected chi connectivity index (χ2v) is 16.6. The van der Waals surface area contributed by atoms with Gasteiger partial charge in [0.2, 0.25) is 0 Å². The second-order valence-electron chi connectivity index (χ2n) is 15.2. The Hall–Kier alpha value is -2.55. The normalized spacial score (nSPS) is 11.4. The zero-order valence-electron chi connectivity index (χ0n) is 36.0. The molecule has 0 aliphatic carbocycles. The van der Waals surface area contributed by atoms with Crippen LogP contribution in [0.2, 0.25) is 0 Å². The zero-order chi connectivity index (χ0) is 40.7. The summed E-state index contributed by atoms with van der Waals surface area (Å²) < 4.78 is 15.3. The van der Waals surface area contributed by atoms with Crippen molar-refractivity contribution in [2.24, 2.45) is 0 Å². The Kier molecular flexibility index (Phi) is 30.1. The summed E-state index contributed by atoms with van der Waals surface area (Å²) in [6, 6.07) is 11.7. The van der Waals surface area contributed by atoms with Crippen LogP contribution in [0.3, 0.4) is 0 Å². The van der Waals surface area contributed by atoms with Gasteiger partial charge in [0, 0.05) is 0 Å². The molecule has 310 valence electrons. The second kappa shape index (κ2) is 31.6. The van der Waals surface area contributed by atoms with Crippen molar-refractivity contribution >= 4 is 22.7 Å². The molecule has 54 heavy (non-hydrogen) atoms. The van der Waals surface area contributed by atoms with Gasteiger partial charge in [-0.2, -0.15) is 0 Å². The minimum absolute atomic E-state index is 0.0775. The van der Waals surface area contributed by atoms with Gasteiger partial charge in [-0.25, -0.2) is 13.8 Å². The molecular formula is C46H82N2O5S+2. The lowest BCUT2D eigenvalue weighted by Crippen LogP contribution is -2.50. The molecule has 2 N–H and O–H groups in total. The first kappa shape index (κ1) is 51.5. The predicted octanol–water partition coefficient (Wildman–Crippen LogP) is 12.3. The highest BCUT2D eigenvalue weighted by Gasteiger charge is 2.26. The van der Waals surface area contributed by atoms with Gasteiger partial charge >= 0.3 is 11.9 Å². The van der Waals surface area contributed by atoms with Gasteiger partial charge in [-0.05, 0) is 75.6 Å². The molecule has 0 radical (unpaired) electrons. The zero-order valence-corrected chi connectivity index (χ0v) is 36.8. The van der Waals surface area contributed by atoms with E-state index in [1.54, 1.807) is 12.1 Å². The van der Waals surface area contributed by atoms with Gasteiger partial charge in [0.05, 0.1) is 84.1 Å². The van der Waals surface area contributed by atoms with E-state index in [1.807, 2.05) is 0 Å². The first-order valence-electron chi connectivity index (χ1n) is 21.8. The molecular weight excluding hydrogens is 693 g/mol. The number of carbonyl (C=O) groups is 2. The number of quaternary nitrogens is 2. The Morgan fingerprint density at radius 2 is 0.630 bits per heavy atom. The minimum Gasteiger partial charge on any atom is -0.478 e. The number of hydrogen-bond acceptors (Lipinski definition) is 3. The standard InChI is InChI=1S/2C16H36N.C14H10O5S/c2*1-5-9-13-17(14-10-6-2,15-11-7-3)16-12-8-4;15-13(16)9-5-1-3-7-11(9)20(19)12-8-4-2-6-10(12)14(17)18/h2*5-16H2,1-4H3;1-8H,(H,15,16)(H,17,18)/q2*+1;. The van der Waals surface area contributed by atoms with Crippen molar-refractivity contribution in [2.45, 2.75) is 168 Å². The molecule has 7 nitrogen and oxygen atoms in total. The SMILES string of the molecule is CCCC[N+](CCCC)(CCCC)CCCC.CCCC[N+](CCCC)(CCCC)CCCC.O=C(O)c1ccccc1S(=O)c1ccccc1C(=O)O. The number of carboxylic acid groups (broad SMARTS) is 2. The summed E-state index contributed by atoms with van der Waals surface area (Å²) in [5.41, 5.74) is -0.211. The number of aromatic carboxylic acids is 2. The monoisotopic (exact) mass is 775 g/mol. The van der Waals surface area contributed by atoms with Crippen LogP contribution in [0.5, 0.6) is 0 Å². The Morgan fingerprint density at radius 1 is 0.426 bits per heavy atom. The Balaban J connectivity index is 0.000000786. The molecule has 0 spiro atoms. The number of carboxylic acids is 2. The molecule has 0 amide bonds. The minimum atomic E-state index is -1.87. The Labute approximate surface area is 334 Å². The van der Waals surface area contributed by atoms with Crippen molar-refractivity contribution in [3.63, 3.8) is 0 Å². The van der Waals surface area contributed by atoms with Gasteiger partial charge < -0.3 is 19.2 Å². The van der Waals surface area contributed by atoms with E-state index in [-0.39, 0.29) is 20.9 Å². The van der Waals surface area contributed by atoms with Gasteiger partial charge in [-0.15, -0.1) is 0 Å². The third-order valence-electron chi connectivity index (χ3n) is 10.5. The number of hydrogen-bond donors (Lipinski definition) is 2. The van der Waals surface area contributed by atoms with Crippen molar-refractivity contribution in [2.75, 3.05) is 52.4 Å². The van der Waals surface area contributed by atoms with Crippen LogP contribution in [0.4, 0.5) is 0 Å². The van der Waals surface area contributed by atoms with Crippen LogP contribution in [0.1, 0.15) is 179 Å². The topological polar surface area (TPSA) is 91.7 Å². The number of rotatable bonds is 28. The average Bonchev–Trinajstić information content (AvgIpc) is 3.19. The first-order valence-corrected chi connectivity index (χ1v) is 22.9. The summed E-state index contributed by atoms with van der Waals surface area (Å²) in [7, 11) is -1.87. The van der Waals surface area contributed by atoms with Gasteiger partial charge in [0.15, 0.2) is 0 Å². The van der Waals surface area contributed by atoms with Gasteiger partial charge in [-0.3, -0.25) is 0 Å². The van der Waals surface area contributed by atoms with Crippen LogP contribution in [-0.2, 0) is 10.8 Å². The maximum absolute atomic E-state index is 12.5. The third-order valence-corrected chi connectivity index (χ3v) is 12.0. The van der Waals surface area contributed by atoms with Crippen LogP contribution < -0.4 is 0 Å². The number of benzene rings is 2. The van der Waals surface area contributed by atoms with Gasteiger partial charge in [-0.1, -0.05) is 131 Å². The van der Waals surface area contributed by atoms with Crippen LogP contribution in [0, 0.1) is 0 Å². The van der Waals surface area contributed by atoms with E-state index in [1.165, 1.54) is 200 Å². The molecule has 0 aromatic heterocycles. The highest BCUT2D eigenvalue weighted by molar-refractivity contribution is 7.85. The molecule has 0 bridgehead atoms. The summed E-state index contributed by atoms with van der Waals surface area (Å²) in [4.78, 5) is 22.4. The molecule has 2 rings (SSSR count). The molecule has 0 fully saturated rings. The van der Waals surface area contributed by atoms with Gasteiger partial charge in [0.25, 0.3) is 0 Å². The molecule has 0 aliphatic heterocycles. The summed E-state index contributed by atoms with van der Waals surface area (Å²) in [5, 5.41) is 18.2. The summed E-state index contributed by atoms with van der Waals surface area (Å²) in [6.45, 7) is 30.0. The fourth-order valence-electron chi connectivity index (χ4n) is 7.02. The summed E-state index contributed by atoms with van der Waals surface area (Å²) in [6.07, 6.45) is 22.1. The van der Waals surface area contributed by atoms with Crippen molar-refractivity contribution in [1.29, 1.82) is 0 Å². The van der Waals surface area contributed by atoms with Crippen LogP contribution in [0.15, 0.2) is 58.3 Å². The Morgan fingerprint density at radius 3 is 0.815 bits per heavy atom. The largest absolute Gasteiger partial charge is 0.478 e. The lowest BCUT2D eigenvalue weighted by molar-refractivity contribution is -0.929. The molecule has 0 saturated carbocycles. The fourth-order valence-corrected chi connectivity index (χ4v) is 8.37. The van der Waals surface area contributed by atoms with E-state index in [9.17, 15) is 13.8 Å². The van der Waals surface area contributed by atoms with Crippen molar-refractivity contribution < 1.29 is 33.0 Å². The lowest BCUT2D eigenvalue weighted by atomic mass is 10.1. The maximum Gasteiger partial charge on any atom is 0.336 e. The average molecular weight is 775 g/mol. The molecule has 0 unspecified atom stereocenters. The molecule has 0 atom stereocenters. The number of nitrogens with zero attached hydrogens (tertiary/aromatic N) is 2. The molecule has 2 aromatic rings. The fraction of sp³-hybridized carbons (Fsp3) is 0.696. The Bertz CT molecular complexity index is 1110. The summed E-state index contributed by atoms with van der Waals surface area (Å²) in [5.74, 6) is -2.41. The summed E-state index contributed by atoms with van der Waals surface area (Å²) >= 11 is 0. The van der Waals surface area contributed by atoms with Gasteiger partial charge in [0.1, 0.15) is 0 Å². The van der Waals surface area contributed by atoms with Crippen molar-refractivity contribution in [3.05, 3.63) is 59.7 Å².